The third kappa shape index (κ3) is 3.86. The molecule has 1 aliphatic carbocycles. The highest BCUT2D eigenvalue weighted by molar-refractivity contribution is 5.94. The van der Waals surface area contributed by atoms with Gasteiger partial charge in [-0.1, -0.05) is 31.2 Å². The molecule has 0 spiro atoms. The Kier molecular flexibility index (Phi) is 5.03. The molecule has 21 heavy (non-hydrogen) atoms. The predicted molar refractivity (Wildman–Crippen MR) is 85.1 cm³/mol. The van der Waals surface area contributed by atoms with Gasteiger partial charge >= 0.3 is 0 Å². The first-order valence-electron chi connectivity index (χ1n) is 7.67. The van der Waals surface area contributed by atoms with Gasteiger partial charge in [-0.3, -0.25) is 4.79 Å². The number of hydrogen-bond acceptors (Lipinski definition) is 2. The highest BCUT2D eigenvalue weighted by Gasteiger charge is 2.33. The van der Waals surface area contributed by atoms with Crippen molar-refractivity contribution in [1.29, 1.82) is 0 Å². The molecule has 3 heteroatoms. The average molecular weight is 285 g/mol. The van der Waals surface area contributed by atoms with Gasteiger partial charge in [0.1, 0.15) is 0 Å². The zero-order valence-electron chi connectivity index (χ0n) is 12.6. The van der Waals surface area contributed by atoms with E-state index in [1.165, 1.54) is 0 Å². The van der Waals surface area contributed by atoms with Crippen molar-refractivity contribution in [2.45, 2.75) is 51.0 Å². The lowest BCUT2D eigenvalue weighted by atomic mass is 9.82. The molecule has 3 nitrogen and oxygen atoms in total. The van der Waals surface area contributed by atoms with E-state index in [9.17, 15) is 9.90 Å². The molecule has 112 valence electrons. The van der Waals surface area contributed by atoms with Crippen molar-refractivity contribution in [3.63, 3.8) is 0 Å². The van der Waals surface area contributed by atoms with Gasteiger partial charge < -0.3 is 10.0 Å². The number of aliphatic hydroxyl groups is 1. The van der Waals surface area contributed by atoms with Crippen molar-refractivity contribution in [2.75, 3.05) is 11.4 Å². The third-order valence-corrected chi connectivity index (χ3v) is 4.21. The Morgan fingerprint density at radius 3 is 2.71 bits per heavy atom. The van der Waals surface area contributed by atoms with Gasteiger partial charge in [0.15, 0.2) is 0 Å². The molecule has 0 atom stereocenters. The minimum atomic E-state index is -0.827. The van der Waals surface area contributed by atoms with Crippen molar-refractivity contribution in [3.8, 4) is 12.3 Å². The molecule has 1 aromatic rings. The van der Waals surface area contributed by atoms with Crippen LogP contribution in [0.5, 0.6) is 0 Å². The van der Waals surface area contributed by atoms with Crippen LogP contribution in [0.1, 0.15) is 51.0 Å². The molecule has 0 heterocycles. The molecule has 0 unspecified atom stereocenters. The third-order valence-electron chi connectivity index (χ3n) is 4.21. The number of carbonyl (C=O) groups is 1. The molecule has 2 rings (SSSR count). The summed E-state index contributed by atoms with van der Waals surface area (Å²) in [6, 6.07) is 7.42. The molecule has 0 radical (unpaired) electrons. The van der Waals surface area contributed by atoms with E-state index in [2.05, 4.69) is 5.92 Å². The topological polar surface area (TPSA) is 40.5 Å². The Hall–Kier alpha value is -1.79. The lowest BCUT2D eigenvalue weighted by Gasteiger charge is -2.33. The van der Waals surface area contributed by atoms with Gasteiger partial charge in [-0.15, -0.1) is 6.42 Å². The van der Waals surface area contributed by atoms with Crippen LogP contribution in [0.4, 0.5) is 5.69 Å². The molecule has 1 aliphatic rings. The van der Waals surface area contributed by atoms with Gasteiger partial charge in [0.2, 0.25) is 5.91 Å². The van der Waals surface area contributed by atoms with Crippen molar-refractivity contribution in [2.24, 2.45) is 0 Å². The first-order valence-corrected chi connectivity index (χ1v) is 7.67. The van der Waals surface area contributed by atoms with Crippen LogP contribution in [-0.4, -0.2) is 23.2 Å². The molecule has 0 aromatic heterocycles. The lowest BCUT2D eigenvalue weighted by Crippen LogP contribution is -2.40. The summed E-state index contributed by atoms with van der Waals surface area (Å²) in [5.41, 5.74) is 0.736. The van der Waals surface area contributed by atoms with Crippen LogP contribution in [0.3, 0.4) is 0 Å². The Balaban J connectivity index is 2.13. The van der Waals surface area contributed by atoms with Crippen LogP contribution in [0.25, 0.3) is 0 Å². The van der Waals surface area contributed by atoms with E-state index in [0.29, 0.717) is 6.54 Å². The van der Waals surface area contributed by atoms with E-state index in [-0.39, 0.29) is 12.3 Å². The number of rotatable bonds is 4. The summed E-state index contributed by atoms with van der Waals surface area (Å²) < 4.78 is 0. The fraction of sp³-hybridized carbons (Fsp3) is 0.500. The van der Waals surface area contributed by atoms with Gasteiger partial charge in [-0.2, -0.15) is 0 Å². The maximum absolute atomic E-state index is 12.6. The minimum absolute atomic E-state index is 0.0314. The fourth-order valence-corrected chi connectivity index (χ4v) is 3.03. The van der Waals surface area contributed by atoms with Crippen LogP contribution >= 0.6 is 0 Å². The van der Waals surface area contributed by atoms with Gasteiger partial charge in [-0.05, 0) is 38.0 Å². The Labute approximate surface area is 127 Å². The number of anilines is 1. The molecule has 1 saturated carbocycles. The molecule has 1 fully saturated rings. The second-order valence-electron chi connectivity index (χ2n) is 5.79. The molecular weight excluding hydrogens is 262 g/mol. The minimum Gasteiger partial charge on any atom is -0.389 e. The lowest BCUT2D eigenvalue weighted by molar-refractivity contribution is -0.124. The highest BCUT2D eigenvalue weighted by atomic mass is 16.3. The largest absolute Gasteiger partial charge is 0.389 e. The first-order chi connectivity index (χ1) is 10.1. The maximum Gasteiger partial charge on any atom is 0.229 e. The summed E-state index contributed by atoms with van der Waals surface area (Å²) in [6.07, 6.45) is 10.2. The Bertz CT molecular complexity index is 538. The van der Waals surface area contributed by atoms with Gasteiger partial charge in [-0.25, -0.2) is 0 Å². The van der Waals surface area contributed by atoms with Crippen LogP contribution in [0.15, 0.2) is 24.3 Å². The number of amides is 1. The maximum atomic E-state index is 12.6. The SMILES string of the molecule is C#Cc1cccc(N(CC)C(=O)CC2(O)CCCCC2)c1. The summed E-state index contributed by atoms with van der Waals surface area (Å²) in [5.74, 6) is 2.56. The highest BCUT2D eigenvalue weighted by Crippen LogP contribution is 2.32. The number of benzene rings is 1. The molecule has 1 aromatic carbocycles. The van der Waals surface area contributed by atoms with E-state index in [4.69, 9.17) is 6.42 Å². The quantitative estimate of drug-likeness (QED) is 0.864. The zero-order chi connectivity index (χ0) is 15.3. The fourth-order valence-electron chi connectivity index (χ4n) is 3.03. The summed E-state index contributed by atoms with van der Waals surface area (Å²) >= 11 is 0. The second-order valence-corrected chi connectivity index (χ2v) is 5.79. The van der Waals surface area contributed by atoms with Crippen molar-refractivity contribution >= 4 is 11.6 Å². The van der Waals surface area contributed by atoms with Gasteiger partial charge in [0.05, 0.1) is 12.0 Å². The predicted octanol–water partition coefficient (Wildman–Crippen LogP) is 3.11. The number of terminal acetylenes is 1. The standard InChI is InChI=1S/C18H23NO2/c1-3-15-9-8-10-16(13-15)19(4-2)17(20)14-18(21)11-6-5-7-12-18/h1,8-10,13,21H,4-7,11-12,14H2,2H3. The molecular formula is C18H23NO2. The van der Waals surface area contributed by atoms with E-state index >= 15 is 0 Å². The second kappa shape index (κ2) is 6.78. The summed E-state index contributed by atoms with van der Waals surface area (Å²) in [6.45, 7) is 2.51. The summed E-state index contributed by atoms with van der Waals surface area (Å²) in [4.78, 5) is 14.3. The number of carbonyl (C=O) groups excluding carboxylic acids is 1. The molecule has 1 amide bonds. The summed E-state index contributed by atoms with van der Waals surface area (Å²) in [5, 5.41) is 10.6. The van der Waals surface area contributed by atoms with E-state index in [0.717, 1.165) is 43.4 Å². The van der Waals surface area contributed by atoms with Crippen molar-refractivity contribution in [1.82, 2.24) is 0 Å². The number of hydrogen-bond donors (Lipinski definition) is 1. The van der Waals surface area contributed by atoms with Crippen LogP contribution in [0, 0.1) is 12.3 Å². The number of nitrogens with zero attached hydrogens (tertiary/aromatic N) is 1. The van der Waals surface area contributed by atoms with Crippen LogP contribution in [-0.2, 0) is 4.79 Å². The summed E-state index contributed by atoms with van der Waals surface area (Å²) in [7, 11) is 0. The smallest absolute Gasteiger partial charge is 0.229 e. The molecule has 0 saturated heterocycles. The molecule has 0 bridgehead atoms. The van der Waals surface area contributed by atoms with Gasteiger partial charge in [0.25, 0.3) is 0 Å². The van der Waals surface area contributed by atoms with E-state index < -0.39 is 5.60 Å². The van der Waals surface area contributed by atoms with Crippen molar-refractivity contribution in [3.05, 3.63) is 29.8 Å². The molecule has 0 aliphatic heterocycles. The Morgan fingerprint density at radius 1 is 1.38 bits per heavy atom. The van der Waals surface area contributed by atoms with Crippen LogP contribution in [0.2, 0.25) is 0 Å². The van der Waals surface area contributed by atoms with E-state index in [1.807, 2.05) is 31.2 Å². The van der Waals surface area contributed by atoms with Crippen molar-refractivity contribution < 1.29 is 9.90 Å². The monoisotopic (exact) mass is 285 g/mol. The van der Waals surface area contributed by atoms with Crippen LogP contribution < -0.4 is 4.90 Å². The zero-order valence-corrected chi connectivity index (χ0v) is 12.6. The van der Waals surface area contributed by atoms with E-state index in [1.54, 1.807) is 4.90 Å². The average Bonchev–Trinajstić information content (AvgIpc) is 2.48. The first kappa shape index (κ1) is 15.6. The van der Waals surface area contributed by atoms with Gasteiger partial charge in [0, 0.05) is 17.8 Å². The molecule has 1 N–H and O–H groups in total. The normalized spacial score (nSPS) is 17.0. The Morgan fingerprint density at radius 2 is 2.10 bits per heavy atom.